The maximum Gasteiger partial charge on any atom is 0.236 e. The summed E-state index contributed by atoms with van der Waals surface area (Å²) in [5, 5.41) is 0. The summed E-state index contributed by atoms with van der Waals surface area (Å²) in [6, 6.07) is 0. The fraction of sp³-hybridized carbons (Fsp3) is 0.400. The van der Waals surface area contributed by atoms with Gasteiger partial charge in [0.15, 0.2) is 0 Å². The Morgan fingerprint density at radius 3 is 2.62 bits per heavy atom. The van der Waals surface area contributed by atoms with Gasteiger partial charge in [-0.1, -0.05) is 6.58 Å². The van der Waals surface area contributed by atoms with E-state index in [-0.39, 0.29) is 12.5 Å². The zero-order valence-electron chi connectivity index (χ0n) is 4.92. The lowest BCUT2D eigenvalue weighted by atomic mass is 10.6. The molecule has 0 aliphatic heterocycles. The van der Waals surface area contributed by atoms with Crippen molar-refractivity contribution in [1.29, 1.82) is 0 Å². The van der Waals surface area contributed by atoms with E-state index in [2.05, 4.69) is 6.58 Å². The molecular weight excluding hydrogens is 104 g/mol. The van der Waals surface area contributed by atoms with Crippen molar-refractivity contribution in [3.63, 3.8) is 0 Å². The highest BCUT2D eigenvalue weighted by molar-refractivity contribution is 5.75. The minimum absolute atomic E-state index is 0.240. The van der Waals surface area contributed by atoms with Gasteiger partial charge in [-0.25, -0.2) is 0 Å². The van der Waals surface area contributed by atoms with E-state index in [0.29, 0.717) is 0 Å². The molecule has 3 heteroatoms. The van der Waals surface area contributed by atoms with Gasteiger partial charge in [-0.2, -0.15) is 0 Å². The Bertz CT molecular complexity index is 101. The number of carbonyl (C=O) groups excluding carboxylic acids is 1. The van der Waals surface area contributed by atoms with Crippen LogP contribution in [-0.2, 0) is 4.79 Å². The van der Waals surface area contributed by atoms with Crippen molar-refractivity contribution in [2.45, 2.75) is 0 Å². The molecule has 0 fully saturated rings. The summed E-state index contributed by atoms with van der Waals surface area (Å²) in [6.45, 7) is 3.67. The zero-order chi connectivity index (χ0) is 6.57. The third-order valence-electron chi connectivity index (χ3n) is 0.717. The first-order valence-electron chi connectivity index (χ1n) is 2.28. The van der Waals surface area contributed by atoms with Crippen LogP contribution in [0.3, 0.4) is 0 Å². The van der Waals surface area contributed by atoms with Gasteiger partial charge in [-0.15, -0.1) is 0 Å². The highest BCUT2D eigenvalue weighted by atomic mass is 16.1. The van der Waals surface area contributed by atoms with E-state index in [1.165, 1.54) is 0 Å². The molecule has 8 heavy (non-hydrogen) atoms. The molecule has 0 bridgehead atoms. The van der Waals surface area contributed by atoms with Gasteiger partial charge < -0.3 is 10.6 Å². The highest BCUT2D eigenvalue weighted by Crippen LogP contribution is 1.76. The molecule has 0 aromatic rings. The Morgan fingerprint density at radius 1 is 2.00 bits per heavy atom. The maximum atomic E-state index is 10.1. The van der Waals surface area contributed by atoms with Gasteiger partial charge in [0.25, 0.3) is 0 Å². The Morgan fingerprint density at radius 2 is 2.50 bits per heavy atom. The smallest absolute Gasteiger partial charge is 0.236 e. The molecule has 0 spiro atoms. The van der Waals surface area contributed by atoms with Crippen LogP contribution in [0.1, 0.15) is 0 Å². The van der Waals surface area contributed by atoms with Gasteiger partial charge >= 0.3 is 0 Å². The van der Waals surface area contributed by atoms with E-state index >= 15 is 0 Å². The Labute approximate surface area is 48.8 Å². The number of carbonyl (C=O) groups is 1. The fourth-order valence-corrected chi connectivity index (χ4v) is 0.310. The molecule has 0 aromatic carbocycles. The van der Waals surface area contributed by atoms with Crippen molar-refractivity contribution < 1.29 is 4.79 Å². The highest BCUT2D eigenvalue weighted by Gasteiger charge is 1.93. The van der Waals surface area contributed by atoms with Crippen LogP contribution in [0, 0.1) is 0 Å². The van der Waals surface area contributed by atoms with Crippen molar-refractivity contribution in [2.75, 3.05) is 13.6 Å². The fourth-order valence-electron chi connectivity index (χ4n) is 0.310. The van der Waals surface area contributed by atoms with E-state index in [1.807, 2.05) is 0 Å². The minimum atomic E-state index is -0.340. The molecule has 1 amide bonds. The van der Waals surface area contributed by atoms with Crippen LogP contribution in [0.5, 0.6) is 0 Å². The van der Waals surface area contributed by atoms with E-state index < -0.39 is 0 Å². The minimum Gasteiger partial charge on any atom is -0.372 e. The predicted molar refractivity (Wildman–Crippen MR) is 32.0 cm³/mol. The predicted octanol–water partition coefficient (Wildman–Crippen LogP) is -0.453. The van der Waals surface area contributed by atoms with Crippen LogP contribution >= 0.6 is 0 Å². The average molecular weight is 114 g/mol. The van der Waals surface area contributed by atoms with Gasteiger partial charge in [0.2, 0.25) is 5.91 Å². The number of nitrogens with zero attached hydrogens (tertiary/aromatic N) is 1. The van der Waals surface area contributed by atoms with Gasteiger partial charge in [0, 0.05) is 7.05 Å². The topological polar surface area (TPSA) is 46.3 Å². The van der Waals surface area contributed by atoms with Crippen LogP contribution in [0.15, 0.2) is 12.8 Å². The normalized spacial score (nSPS) is 8.12. The van der Waals surface area contributed by atoms with Crippen molar-refractivity contribution in [3.05, 3.63) is 12.8 Å². The third kappa shape index (κ3) is 3.21. The zero-order valence-corrected chi connectivity index (χ0v) is 4.92. The molecule has 0 atom stereocenters. The summed E-state index contributed by atoms with van der Waals surface area (Å²) in [6.07, 6.45) is 1.55. The molecule has 46 valence electrons. The second kappa shape index (κ2) is 3.07. The molecule has 0 radical (unpaired) electrons. The number of rotatable bonds is 3. The van der Waals surface area contributed by atoms with Crippen molar-refractivity contribution >= 4 is 5.91 Å². The lowest BCUT2D eigenvalue weighted by molar-refractivity contribution is -0.118. The molecule has 0 aliphatic carbocycles. The SMILES string of the molecule is C=CN(C)CC(N)=O. The summed E-state index contributed by atoms with van der Waals surface area (Å²) >= 11 is 0. The first kappa shape index (κ1) is 7.01. The number of hydrogen-bond donors (Lipinski definition) is 1. The lowest BCUT2D eigenvalue weighted by Crippen LogP contribution is -2.26. The first-order chi connectivity index (χ1) is 3.66. The van der Waals surface area contributed by atoms with Gasteiger partial charge in [-0.05, 0) is 6.20 Å². The monoisotopic (exact) mass is 114 g/mol. The third-order valence-corrected chi connectivity index (χ3v) is 0.717. The molecule has 0 rings (SSSR count). The Balaban J connectivity index is 3.38. The van der Waals surface area contributed by atoms with E-state index in [9.17, 15) is 4.79 Å². The Kier molecular flexibility index (Phi) is 2.69. The second-order valence-corrected chi connectivity index (χ2v) is 1.56. The molecule has 3 nitrogen and oxygen atoms in total. The molecule has 0 saturated heterocycles. The quantitative estimate of drug-likeness (QED) is 0.540. The maximum absolute atomic E-state index is 10.1. The van der Waals surface area contributed by atoms with E-state index in [1.54, 1.807) is 18.1 Å². The second-order valence-electron chi connectivity index (χ2n) is 1.56. The largest absolute Gasteiger partial charge is 0.372 e. The molecule has 0 aliphatic rings. The van der Waals surface area contributed by atoms with Crippen LogP contribution in [0.4, 0.5) is 0 Å². The van der Waals surface area contributed by atoms with Crippen LogP contribution in [-0.4, -0.2) is 24.4 Å². The van der Waals surface area contributed by atoms with Gasteiger partial charge in [-0.3, -0.25) is 4.79 Å². The van der Waals surface area contributed by atoms with Crippen LogP contribution < -0.4 is 5.73 Å². The Hall–Kier alpha value is -0.990. The number of hydrogen-bond acceptors (Lipinski definition) is 2. The van der Waals surface area contributed by atoms with Crippen LogP contribution in [0.2, 0.25) is 0 Å². The molecule has 0 heterocycles. The standard InChI is InChI=1S/C5H10N2O/c1-3-7(2)4-5(6)8/h3H,1,4H2,2H3,(H2,6,8). The number of nitrogens with two attached hydrogens (primary N) is 1. The summed E-state index contributed by atoms with van der Waals surface area (Å²) in [5.41, 5.74) is 4.84. The van der Waals surface area contributed by atoms with Crippen LogP contribution in [0.25, 0.3) is 0 Å². The van der Waals surface area contributed by atoms with E-state index in [4.69, 9.17) is 5.73 Å². The van der Waals surface area contributed by atoms with Crippen molar-refractivity contribution in [2.24, 2.45) is 5.73 Å². The van der Waals surface area contributed by atoms with Gasteiger partial charge in [0.05, 0.1) is 6.54 Å². The molecule has 0 aromatic heterocycles. The van der Waals surface area contributed by atoms with E-state index in [0.717, 1.165) is 0 Å². The summed E-state index contributed by atoms with van der Waals surface area (Å²) in [7, 11) is 1.73. The molecule has 0 unspecified atom stereocenters. The summed E-state index contributed by atoms with van der Waals surface area (Å²) < 4.78 is 0. The van der Waals surface area contributed by atoms with Gasteiger partial charge in [0.1, 0.15) is 0 Å². The number of amides is 1. The first-order valence-corrected chi connectivity index (χ1v) is 2.28. The molecule has 0 saturated carbocycles. The summed E-state index contributed by atoms with van der Waals surface area (Å²) in [4.78, 5) is 11.7. The van der Waals surface area contributed by atoms with Crippen molar-refractivity contribution in [1.82, 2.24) is 4.90 Å². The lowest BCUT2D eigenvalue weighted by Gasteiger charge is -2.08. The summed E-state index contributed by atoms with van der Waals surface area (Å²) in [5.74, 6) is -0.340. The van der Waals surface area contributed by atoms with Crippen molar-refractivity contribution in [3.8, 4) is 0 Å². The number of likely N-dealkylation sites (N-methyl/N-ethyl adjacent to an activating group) is 1. The average Bonchev–Trinajstić information content (AvgIpc) is 1.65. The number of primary amides is 1. The molecule has 2 N–H and O–H groups in total. The molecular formula is C5H10N2O.